The van der Waals surface area contributed by atoms with Gasteiger partial charge in [0.15, 0.2) is 0 Å². The third kappa shape index (κ3) is 2.36. The van der Waals surface area contributed by atoms with E-state index < -0.39 is 0 Å². The molecule has 5 rings (SSSR count). The van der Waals surface area contributed by atoms with Crippen LogP contribution in [0.3, 0.4) is 0 Å². The van der Waals surface area contributed by atoms with Crippen molar-refractivity contribution in [3.63, 3.8) is 0 Å². The van der Waals surface area contributed by atoms with Crippen LogP contribution in [-0.4, -0.2) is 40.3 Å². The van der Waals surface area contributed by atoms with Gasteiger partial charge >= 0.3 is 0 Å². The van der Waals surface area contributed by atoms with Crippen LogP contribution in [0.2, 0.25) is 0 Å². The molecular weight excluding hydrogens is 314 g/mol. The fraction of sp³-hybridized carbons (Fsp3) is 0.316. The Hall–Kier alpha value is -2.89. The van der Waals surface area contributed by atoms with E-state index in [1.165, 1.54) is 11.1 Å². The number of pyridine rings is 1. The molecular formula is C19H19N5O. The highest BCUT2D eigenvalue weighted by Crippen LogP contribution is 2.33. The molecule has 0 unspecified atom stereocenters. The van der Waals surface area contributed by atoms with E-state index in [9.17, 15) is 4.79 Å². The van der Waals surface area contributed by atoms with E-state index in [-0.39, 0.29) is 5.91 Å². The molecule has 0 radical (unpaired) electrons. The third-order valence-corrected chi connectivity index (χ3v) is 5.18. The Bertz CT molecular complexity index is 938. The number of aromatic nitrogens is 3. The number of anilines is 2. The molecule has 1 aromatic carbocycles. The summed E-state index contributed by atoms with van der Waals surface area (Å²) in [4.78, 5) is 20.5. The van der Waals surface area contributed by atoms with Gasteiger partial charge in [0, 0.05) is 49.5 Å². The summed E-state index contributed by atoms with van der Waals surface area (Å²) in [7, 11) is 0. The molecule has 2 aliphatic rings. The molecule has 2 aliphatic heterocycles. The monoisotopic (exact) mass is 333 g/mol. The summed E-state index contributed by atoms with van der Waals surface area (Å²) in [6.07, 6.45) is 7.29. The number of hydrogen-bond acceptors (Lipinski definition) is 4. The Labute approximate surface area is 145 Å². The predicted octanol–water partition coefficient (Wildman–Crippen LogP) is 2.62. The molecule has 1 amide bonds. The summed E-state index contributed by atoms with van der Waals surface area (Å²) in [5, 5.41) is 5.68. The summed E-state index contributed by atoms with van der Waals surface area (Å²) in [5.74, 6) is 0.207. The van der Waals surface area contributed by atoms with Gasteiger partial charge in [0.05, 0.1) is 23.4 Å². The average molecular weight is 333 g/mol. The Kier molecular flexibility index (Phi) is 3.23. The number of rotatable bonds is 3. The highest BCUT2D eigenvalue weighted by Gasteiger charge is 2.31. The second-order valence-electron chi connectivity index (χ2n) is 6.73. The predicted molar refractivity (Wildman–Crippen MR) is 96.8 cm³/mol. The lowest BCUT2D eigenvalue weighted by molar-refractivity contribution is -0.117. The third-order valence-electron chi connectivity index (χ3n) is 5.18. The van der Waals surface area contributed by atoms with Gasteiger partial charge in [-0.2, -0.15) is 5.10 Å². The number of carbonyl (C=O) groups excluding carboxylic acids is 1. The van der Waals surface area contributed by atoms with Gasteiger partial charge in [-0.05, 0) is 18.6 Å². The van der Waals surface area contributed by atoms with Crippen LogP contribution < -0.4 is 9.80 Å². The normalized spacial score (nSPS) is 18.2. The zero-order valence-electron chi connectivity index (χ0n) is 13.9. The van der Waals surface area contributed by atoms with Gasteiger partial charge < -0.3 is 9.80 Å². The molecule has 2 fully saturated rings. The lowest BCUT2D eigenvalue weighted by Crippen LogP contribution is -2.48. The molecule has 0 N–H and O–H groups in total. The zero-order chi connectivity index (χ0) is 16.8. The molecule has 2 saturated heterocycles. The van der Waals surface area contributed by atoms with E-state index in [0.29, 0.717) is 12.5 Å². The number of nitrogens with zero attached hydrogens (tertiary/aromatic N) is 5. The fourth-order valence-corrected chi connectivity index (χ4v) is 3.76. The standard InChI is InChI=1S/C19H19N5O/c25-19-6-3-9-23(19)14-10-21-24(13-14)15-11-22(12-15)18-7-8-20-17-5-2-1-4-16(17)18/h1-2,4-5,7-8,10,13,15H,3,6,9,11-12H2. The smallest absolute Gasteiger partial charge is 0.227 e. The van der Waals surface area contributed by atoms with Crippen molar-refractivity contribution in [1.82, 2.24) is 14.8 Å². The van der Waals surface area contributed by atoms with Gasteiger partial charge in [-0.1, -0.05) is 18.2 Å². The maximum absolute atomic E-state index is 11.9. The van der Waals surface area contributed by atoms with Crippen molar-refractivity contribution in [3.8, 4) is 0 Å². The summed E-state index contributed by atoms with van der Waals surface area (Å²) < 4.78 is 2.00. The van der Waals surface area contributed by atoms with Gasteiger partial charge in [0.2, 0.25) is 5.91 Å². The topological polar surface area (TPSA) is 54.3 Å². The minimum absolute atomic E-state index is 0.207. The van der Waals surface area contributed by atoms with Crippen LogP contribution in [0.1, 0.15) is 18.9 Å². The van der Waals surface area contributed by atoms with Gasteiger partial charge in [-0.15, -0.1) is 0 Å². The molecule has 0 aliphatic carbocycles. The van der Waals surface area contributed by atoms with Crippen molar-refractivity contribution in [2.45, 2.75) is 18.9 Å². The number of benzene rings is 1. The summed E-state index contributed by atoms with van der Waals surface area (Å²) >= 11 is 0. The van der Waals surface area contributed by atoms with Crippen molar-refractivity contribution >= 4 is 28.2 Å². The molecule has 126 valence electrons. The van der Waals surface area contributed by atoms with Gasteiger partial charge in [0.1, 0.15) is 0 Å². The molecule has 25 heavy (non-hydrogen) atoms. The lowest BCUT2D eigenvalue weighted by atomic mass is 10.1. The summed E-state index contributed by atoms with van der Waals surface area (Å²) in [5.41, 5.74) is 3.18. The van der Waals surface area contributed by atoms with Crippen LogP contribution >= 0.6 is 0 Å². The van der Waals surface area contributed by atoms with Gasteiger partial charge in [-0.3, -0.25) is 14.5 Å². The first-order chi connectivity index (χ1) is 12.3. The zero-order valence-corrected chi connectivity index (χ0v) is 13.9. The number of para-hydroxylation sites is 1. The SMILES string of the molecule is O=C1CCCN1c1cnn(C2CN(c3ccnc4ccccc34)C2)c1. The Morgan fingerprint density at radius 2 is 2.00 bits per heavy atom. The van der Waals surface area contributed by atoms with Crippen molar-refractivity contribution in [2.75, 3.05) is 29.4 Å². The van der Waals surface area contributed by atoms with Crippen LogP contribution in [0.5, 0.6) is 0 Å². The number of amides is 1. The van der Waals surface area contributed by atoms with Crippen LogP contribution in [0.4, 0.5) is 11.4 Å². The molecule has 2 aromatic heterocycles. The average Bonchev–Trinajstić information content (AvgIpc) is 3.23. The van der Waals surface area contributed by atoms with E-state index in [1.54, 1.807) is 0 Å². The highest BCUT2D eigenvalue weighted by molar-refractivity contribution is 5.95. The quantitative estimate of drug-likeness (QED) is 0.739. The molecule has 6 nitrogen and oxygen atoms in total. The number of carbonyl (C=O) groups is 1. The Morgan fingerprint density at radius 1 is 1.12 bits per heavy atom. The first-order valence-electron chi connectivity index (χ1n) is 8.73. The fourth-order valence-electron chi connectivity index (χ4n) is 3.76. The van der Waals surface area contributed by atoms with Crippen molar-refractivity contribution < 1.29 is 4.79 Å². The molecule has 3 aromatic rings. The summed E-state index contributed by atoms with van der Waals surface area (Å²) in [6.45, 7) is 2.65. The Morgan fingerprint density at radius 3 is 2.84 bits per heavy atom. The molecule has 0 saturated carbocycles. The van der Waals surface area contributed by atoms with E-state index in [4.69, 9.17) is 0 Å². The van der Waals surface area contributed by atoms with E-state index >= 15 is 0 Å². The van der Waals surface area contributed by atoms with Crippen LogP contribution in [0.25, 0.3) is 10.9 Å². The maximum atomic E-state index is 11.9. The van der Waals surface area contributed by atoms with E-state index in [0.717, 1.165) is 37.3 Å². The van der Waals surface area contributed by atoms with Crippen molar-refractivity contribution in [3.05, 3.63) is 48.9 Å². The van der Waals surface area contributed by atoms with Gasteiger partial charge in [-0.25, -0.2) is 0 Å². The maximum Gasteiger partial charge on any atom is 0.227 e. The first kappa shape index (κ1) is 14.5. The first-order valence-corrected chi connectivity index (χ1v) is 8.73. The largest absolute Gasteiger partial charge is 0.367 e. The molecule has 4 heterocycles. The number of hydrogen-bond donors (Lipinski definition) is 0. The molecule has 6 heteroatoms. The Balaban J connectivity index is 1.33. The van der Waals surface area contributed by atoms with Crippen LogP contribution in [0.15, 0.2) is 48.9 Å². The molecule has 0 atom stereocenters. The minimum atomic E-state index is 0.207. The molecule has 0 bridgehead atoms. The summed E-state index contributed by atoms with van der Waals surface area (Å²) in [6, 6.07) is 10.7. The minimum Gasteiger partial charge on any atom is -0.367 e. The van der Waals surface area contributed by atoms with E-state index in [2.05, 4.69) is 33.2 Å². The van der Waals surface area contributed by atoms with Gasteiger partial charge in [0.25, 0.3) is 0 Å². The lowest BCUT2D eigenvalue weighted by Gasteiger charge is -2.41. The second-order valence-corrected chi connectivity index (χ2v) is 6.73. The van der Waals surface area contributed by atoms with Crippen LogP contribution in [-0.2, 0) is 4.79 Å². The van der Waals surface area contributed by atoms with Crippen LogP contribution in [0, 0.1) is 0 Å². The van der Waals surface area contributed by atoms with Crippen molar-refractivity contribution in [2.24, 2.45) is 0 Å². The molecule has 0 spiro atoms. The van der Waals surface area contributed by atoms with Crippen molar-refractivity contribution in [1.29, 1.82) is 0 Å². The highest BCUT2D eigenvalue weighted by atomic mass is 16.2. The number of fused-ring (bicyclic) bond motifs is 1. The van der Waals surface area contributed by atoms with E-state index in [1.807, 2.05) is 40.3 Å². The second kappa shape index (κ2) is 5.58.